The molecule has 0 radical (unpaired) electrons. The van der Waals surface area contributed by atoms with Crippen molar-refractivity contribution in [1.82, 2.24) is 14.5 Å². The lowest BCUT2D eigenvalue weighted by Crippen LogP contribution is -2.29. The van der Waals surface area contributed by atoms with Gasteiger partial charge in [-0.05, 0) is 42.8 Å². The SMILES string of the molecule is O=C(Nc1cccc(S(=O)(=O)NC2=NCCC2)c1)c1nn(-c2ccccc2)c(=O)c2ccccc12. The normalized spacial score (nSPS) is 13.4. The first-order valence-electron chi connectivity index (χ1n) is 11.0. The summed E-state index contributed by atoms with van der Waals surface area (Å²) in [7, 11) is -3.84. The van der Waals surface area contributed by atoms with E-state index in [0.717, 1.165) is 6.42 Å². The Hall–Kier alpha value is -4.31. The molecular formula is C25H21N5O4S. The Morgan fingerprint density at radius 1 is 0.914 bits per heavy atom. The molecule has 1 amide bonds. The molecule has 1 aliphatic heterocycles. The van der Waals surface area contributed by atoms with Crippen LogP contribution in [-0.2, 0) is 10.0 Å². The summed E-state index contributed by atoms with van der Waals surface area (Å²) < 4.78 is 29.2. The number of carbonyl (C=O) groups is 1. The number of hydrogen-bond donors (Lipinski definition) is 2. The molecule has 0 atom stereocenters. The predicted molar refractivity (Wildman–Crippen MR) is 134 cm³/mol. The molecule has 0 fully saturated rings. The molecule has 1 aliphatic rings. The van der Waals surface area contributed by atoms with Crippen LogP contribution in [0.3, 0.4) is 0 Å². The highest BCUT2D eigenvalue weighted by Gasteiger charge is 2.21. The number of amidine groups is 1. The average Bonchev–Trinajstić information content (AvgIpc) is 3.37. The largest absolute Gasteiger partial charge is 0.321 e. The van der Waals surface area contributed by atoms with Crippen molar-refractivity contribution in [1.29, 1.82) is 0 Å². The van der Waals surface area contributed by atoms with Gasteiger partial charge in [-0.15, -0.1) is 0 Å². The van der Waals surface area contributed by atoms with E-state index in [1.807, 2.05) is 6.07 Å². The van der Waals surface area contributed by atoms with E-state index in [2.05, 4.69) is 20.1 Å². The molecule has 10 heteroatoms. The first-order chi connectivity index (χ1) is 16.9. The number of nitrogens with one attached hydrogen (secondary N) is 2. The number of rotatable bonds is 5. The van der Waals surface area contributed by atoms with Gasteiger partial charge in [-0.25, -0.2) is 8.42 Å². The van der Waals surface area contributed by atoms with Crippen LogP contribution in [-0.4, -0.2) is 36.5 Å². The smallest absolute Gasteiger partial charge is 0.279 e. The third-order valence-electron chi connectivity index (χ3n) is 5.55. The van der Waals surface area contributed by atoms with E-state index in [9.17, 15) is 18.0 Å². The van der Waals surface area contributed by atoms with E-state index in [-0.39, 0.29) is 21.8 Å². The van der Waals surface area contributed by atoms with Crippen LogP contribution in [0.5, 0.6) is 0 Å². The Kier molecular flexibility index (Phi) is 5.87. The minimum atomic E-state index is -3.84. The van der Waals surface area contributed by atoms with E-state index < -0.39 is 15.9 Å². The number of sulfonamides is 1. The second kappa shape index (κ2) is 9.15. The number of aliphatic imine (C=N–C) groups is 1. The number of hydrogen-bond acceptors (Lipinski definition) is 6. The first-order valence-corrected chi connectivity index (χ1v) is 12.5. The molecule has 1 aromatic heterocycles. The van der Waals surface area contributed by atoms with Crippen LogP contribution in [0.4, 0.5) is 5.69 Å². The molecule has 2 N–H and O–H groups in total. The summed E-state index contributed by atoms with van der Waals surface area (Å²) in [6, 6.07) is 21.5. The van der Waals surface area contributed by atoms with Gasteiger partial charge in [0.2, 0.25) is 0 Å². The van der Waals surface area contributed by atoms with Crippen LogP contribution in [0, 0.1) is 0 Å². The third-order valence-corrected chi connectivity index (χ3v) is 6.93. The van der Waals surface area contributed by atoms with E-state index in [4.69, 9.17) is 0 Å². The first kappa shape index (κ1) is 22.5. The number of fused-ring (bicyclic) bond motifs is 1. The summed E-state index contributed by atoms with van der Waals surface area (Å²) in [5, 5.41) is 7.80. The highest BCUT2D eigenvalue weighted by Crippen LogP contribution is 2.20. The Morgan fingerprint density at radius 3 is 2.40 bits per heavy atom. The quantitative estimate of drug-likeness (QED) is 0.448. The van der Waals surface area contributed by atoms with Crippen molar-refractivity contribution < 1.29 is 13.2 Å². The molecule has 2 heterocycles. The molecule has 3 aromatic carbocycles. The van der Waals surface area contributed by atoms with Crippen LogP contribution in [0.2, 0.25) is 0 Å². The highest BCUT2D eigenvalue weighted by atomic mass is 32.2. The summed E-state index contributed by atoms with van der Waals surface area (Å²) in [5.41, 5.74) is 0.481. The van der Waals surface area contributed by atoms with Crippen molar-refractivity contribution in [2.75, 3.05) is 11.9 Å². The van der Waals surface area contributed by atoms with Gasteiger partial charge in [-0.2, -0.15) is 9.78 Å². The summed E-state index contributed by atoms with van der Waals surface area (Å²) in [5.74, 6) is -0.146. The van der Waals surface area contributed by atoms with Gasteiger partial charge in [0.05, 0.1) is 16.0 Å². The van der Waals surface area contributed by atoms with Gasteiger partial charge < -0.3 is 5.32 Å². The number of amides is 1. The van der Waals surface area contributed by atoms with Gasteiger partial charge in [0.25, 0.3) is 21.5 Å². The van der Waals surface area contributed by atoms with Crippen molar-refractivity contribution in [3.05, 3.63) is 94.9 Å². The molecule has 0 spiro atoms. The third kappa shape index (κ3) is 4.56. The van der Waals surface area contributed by atoms with Gasteiger partial charge in [-0.3, -0.25) is 19.3 Å². The highest BCUT2D eigenvalue weighted by molar-refractivity contribution is 7.90. The van der Waals surface area contributed by atoms with Gasteiger partial charge >= 0.3 is 0 Å². The Bertz CT molecular complexity index is 1630. The lowest BCUT2D eigenvalue weighted by atomic mass is 10.1. The molecule has 176 valence electrons. The second-order valence-electron chi connectivity index (χ2n) is 7.97. The number of para-hydroxylation sites is 1. The Morgan fingerprint density at radius 2 is 1.66 bits per heavy atom. The number of nitrogens with zero attached hydrogens (tertiary/aromatic N) is 3. The van der Waals surface area contributed by atoms with E-state index in [1.54, 1.807) is 54.6 Å². The van der Waals surface area contributed by atoms with Gasteiger partial charge in [0.1, 0.15) is 5.84 Å². The van der Waals surface area contributed by atoms with Gasteiger partial charge in [-0.1, -0.05) is 42.5 Å². The molecule has 9 nitrogen and oxygen atoms in total. The Balaban J connectivity index is 1.50. The molecule has 35 heavy (non-hydrogen) atoms. The zero-order valence-electron chi connectivity index (χ0n) is 18.5. The topological polar surface area (TPSA) is 123 Å². The maximum Gasteiger partial charge on any atom is 0.279 e. The minimum Gasteiger partial charge on any atom is -0.321 e. The standard InChI is InChI=1S/C25H21N5O4S/c31-24(27-17-8-6-11-19(16-17)35(33,34)29-22-14-7-15-26-22)23-20-12-4-5-13-21(20)25(32)30(28-23)18-9-2-1-3-10-18/h1-6,8-13,16H,7,14-15H2,(H,26,29)(H,27,31). The van der Waals surface area contributed by atoms with Gasteiger partial charge in [0, 0.05) is 24.0 Å². The maximum absolute atomic E-state index is 13.3. The van der Waals surface area contributed by atoms with E-state index in [0.29, 0.717) is 35.3 Å². The second-order valence-corrected chi connectivity index (χ2v) is 9.65. The van der Waals surface area contributed by atoms with Crippen LogP contribution in [0.25, 0.3) is 16.5 Å². The van der Waals surface area contributed by atoms with Crippen molar-refractivity contribution in [3.8, 4) is 5.69 Å². The fourth-order valence-corrected chi connectivity index (χ4v) is 5.00. The number of aromatic nitrogens is 2. The van der Waals surface area contributed by atoms with Crippen LogP contribution in [0.1, 0.15) is 23.3 Å². The summed E-state index contributed by atoms with van der Waals surface area (Å²) >= 11 is 0. The molecule has 0 bridgehead atoms. The number of benzene rings is 3. The average molecular weight is 488 g/mol. The van der Waals surface area contributed by atoms with Crippen molar-refractivity contribution in [2.45, 2.75) is 17.7 Å². The molecule has 0 saturated heterocycles. The minimum absolute atomic E-state index is 0.00280. The van der Waals surface area contributed by atoms with Crippen LogP contribution in [0.15, 0.2) is 93.5 Å². The molecule has 0 saturated carbocycles. The molecule has 5 rings (SSSR count). The fourth-order valence-electron chi connectivity index (χ4n) is 3.87. The van der Waals surface area contributed by atoms with E-state index in [1.165, 1.54) is 22.9 Å². The fraction of sp³-hybridized carbons (Fsp3) is 0.120. The Labute approximate surface area is 201 Å². The zero-order valence-corrected chi connectivity index (χ0v) is 19.3. The predicted octanol–water partition coefficient (Wildman–Crippen LogP) is 3.11. The number of carbonyl (C=O) groups excluding carboxylic acids is 1. The summed E-state index contributed by atoms with van der Waals surface area (Å²) in [4.78, 5) is 30.5. The molecular weight excluding hydrogens is 466 g/mol. The van der Waals surface area contributed by atoms with Gasteiger partial charge in [0.15, 0.2) is 5.69 Å². The van der Waals surface area contributed by atoms with Crippen LogP contribution < -0.4 is 15.6 Å². The van der Waals surface area contributed by atoms with Crippen molar-refractivity contribution in [2.24, 2.45) is 4.99 Å². The summed E-state index contributed by atoms with van der Waals surface area (Å²) in [6.07, 6.45) is 1.38. The summed E-state index contributed by atoms with van der Waals surface area (Å²) in [6.45, 7) is 0.597. The molecule has 4 aromatic rings. The van der Waals surface area contributed by atoms with Crippen molar-refractivity contribution >= 4 is 38.2 Å². The molecule has 0 unspecified atom stereocenters. The van der Waals surface area contributed by atoms with E-state index >= 15 is 0 Å². The lowest BCUT2D eigenvalue weighted by molar-refractivity contribution is 0.102. The monoisotopic (exact) mass is 487 g/mol. The van der Waals surface area contributed by atoms with Crippen LogP contribution >= 0.6 is 0 Å². The maximum atomic E-state index is 13.3. The van der Waals surface area contributed by atoms with Crippen molar-refractivity contribution in [3.63, 3.8) is 0 Å². The number of anilines is 1. The lowest BCUT2D eigenvalue weighted by Gasteiger charge is -2.12. The zero-order chi connectivity index (χ0) is 24.4. The molecule has 0 aliphatic carbocycles.